The van der Waals surface area contributed by atoms with Gasteiger partial charge in [0, 0.05) is 50.1 Å². The molecule has 2 unspecified atom stereocenters. The van der Waals surface area contributed by atoms with Crippen LogP contribution in [0, 0.1) is 6.92 Å². The van der Waals surface area contributed by atoms with E-state index in [1.54, 1.807) is 18.9 Å². The molecule has 1 aromatic carbocycles. The average Bonchev–Trinajstić information content (AvgIpc) is 2.85. The van der Waals surface area contributed by atoms with Gasteiger partial charge in [0.15, 0.2) is 0 Å². The van der Waals surface area contributed by atoms with Crippen LogP contribution in [-0.4, -0.2) is 72.4 Å². The number of nitrogens with zero attached hydrogens (tertiary/aromatic N) is 3. The molecule has 0 spiro atoms. The third-order valence-electron chi connectivity index (χ3n) is 6.58. The lowest BCUT2D eigenvalue weighted by Crippen LogP contribution is -2.54. The van der Waals surface area contributed by atoms with Gasteiger partial charge in [-0.05, 0) is 44.4 Å². The zero-order valence-electron chi connectivity index (χ0n) is 19.8. The van der Waals surface area contributed by atoms with E-state index in [0.29, 0.717) is 37.7 Å². The highest BCUT2D eigenvalue weighted by Crippen LogP contribution is 2.31. The largest absolute Gasteiger partial charge is 0.416 e. The molecule has 2 aliphatic rings. The average molecular weight is 494 g/mol. The summed E-state index contributed by atoms with van der Waals surface area (Å²) in [4.78, 5) is 23.3. The van der Waals surface area contributed by atoms with Crippen molar-refractivity contribution in [3.8, 4) is 0 Å². The fraction of sp³-hybridized carbons (Fsp3) is 0.542. The fourth-order valence-electron chi connectivity index (χ4n) is 4.54. The van der Waals surface area contributed by atoms with Crippen molar-refractivity contribution >= 4 is 17.4 Å². The summed E-state index contributed by atoms with van der Waals surface area (Å²) in [5.74, 6) is 0.0839. The van der Waals surface area contributed by atoms with E-state index in [4.69, 9.17) is 9.47 Å². The molecule has 190 valence electrons. The molecule has 2 fully saturated rings. The number of anilines is 2. The van der Waals surface area contributed by atoms with E-state index in [1.807, 2.05) is 0 Å². The van der Waals surface area contributed by atoms with Crippen LogP contribution in [0.25, 0.3) is 0 Å². The Morgan fingerprint density at radius 2 is 1.97 bits per heavy atom. The van der Waals surface area contributed by atoms with Crippen LogP contribution in [-0.2, 0) is 15.7 Å². The molecule has 0 aliphatic carbocycles. The lowest BCUT2D eigenvalue weighted by atomic mass is 9.99. The number of methoxy groups -OCH3 is 1. The Morgan fingerprint density at radius 1 is 1.20 bits per heavy atom. The van der Waals surface area contributed by atoms with Crippen molar-refractivity contribution in [3.05, 3.63) is 47.4 Å². The summed E-state index contributed by atoms with van der Waals surface area (Å²) in [6, 6.07) is 5.36. The molecular weight excluding hydrogens is 463 g/mol. The van der Waals surface area contributed by atoms with Gasteiger partial charge in [-0.1, -0.05) is 6.07 Å². The Labute approximate surface area is 202 Å². The van der Waals surface area contributed by atoms with E-state index in [2.05, 4.69) is 20.6 Å². The second kappa shape index (κ2) is 10.9. The molecule has 2 N–H and O–H groups in total. The van der Waals surface area contributed by atoms with Gasteiger partial charge in [0.2, 0.25) is 0 Å². The Balaban J connectivity index is 1.39. The predicted octanol–water partition coefficient (Wildman–Crippen LogP) is 3.55. The first-order chi connectivity index (χ1) is 16.8. The maximum Gasteiger partial charge on any atom is 0.416 e. The second-order valence-electron chi connectivity index (χ2n) is 8.88. The number of piperidine rings is 1. The molecule has 0 bridgehead atoms. The van der Waals surface area contributed by atoms with E-state index in [0.717, 1.165) is 31.4 Å². The van der Waals surface area contributed by atoms with Gasteiger partial charge in [-0.2, -0.15) is 13.2 Å². The number of hydrogen-bond acceptors (Lipinski definition) is 7. The summed E-state index contributed by atoms with van der Waals surface area (Å²) < 4.78 is 50.1. The Hall–Kier alpha value is -2.76. The summed E-state index contributed by atoms with van der Waals surface area (Å²) in [6.07, 6.45) is -0.678. The van der Waals surface area contributed by atoms with E-state index in [-0.39, 0.29) is 35.5 Å². The van der Waals surface area contributed by atoms with Crippen LogP contribution in [0.5, 0.6) is 0 Å². The lowest BCUT2D eigenvalue weighted by molar-refractivity contribution is -0.137. The predicted molar refractivity (Wildman–Crippen MR) is 124 cm³/mol. The molecule has 2 aliphatic heterocycles. The first-order valence-corrected chi connectivity index (χ1v) is 11.7. The number of nitrogens with one attached hydrogen (secondary N) is 2. The number of hydrogen-bond donors (Lipinski definition) is 2. The Bertz CT molecular complexity index is 1030. The number of carbonyl (C=O) groups excluding carboxylic acids is 1. The summed E-state index contributed by atoms with van der Waals surface area (Å²) in [7, 11) is 1.69. The molecule has 2 saturated heterocycles. The van der Waals surface area contributed by atoms with Gasteiger partial charge in [0.25, 0.3) is 5.91 Å². The van der Waals surface area contributed by atoms with Crippen molar-refractivity contribution in [2.24, 2.45) is 0 Å². The van der Waals surface area contributed by atoms with Crippen molar-refractivity contribution in [1.82, 2.24) is 20.2 Å². The van der Waals surface area contributed by atoms with Crippen molar-refractivity contribution in [2.75, 3.05) is 38.7 Å². The number of likely N-dealkylation sites (tertiary alicyclic amines) is 1. The first kappa shape index (κ1) is 25.3. The minimum absolute atomic E-state index is 0.0230. The van der Waals surface area contributed by atoms with Crippen molar-refractivity contribution in [1.29, 1.82) is 0 Å². The molecule has 8 nitrogen and oxygen atoms in total. The zero-order valence-corrected chi connectivity index (χ0v) is 19.8. The molecule has 11 heteroatoms. The number of ether oxygens (including phenoxy) is 2. The van der Waals surface area contributed by atoms with Crippen LogP contribution in [0.2, 0.25) is 0 Å². The number of amides is 1. The minimum Gasteiger partial charge on any atom is -0.379 e. The van der Waals surface area contributed by atoms with Crippen molar-refractivity contribution in [2.45, 2.75) is 50.6 Å². The van der Waals surface area contributed by atoms with Crippen LogP contribution >= 0.6 is 0 Å². The molecule has 3 heterocycles. The topological polar surface area (TPSA) is 88.6 Å². The van der Waals surface area contributed by atoms with Gasteiger partial charge in [0.1, 0.15) is 17.8 Å². The minimum atomic E-state index is -4.45. The maximum absolute atomic E-state index is 13.2. The second-order valence-corrected chi connectivity index (χ2v) is 8.88. The van der Waals surface area contributed by atoms with Crippen molar-refractivity contribution in [3.63, 3.8) is 0 Å². The van der Waals surface area contributed by atoms with Crippen LogP contribution in [0.3, 0.4) is 0 Å². The van der Waals surface area contributed by atoms with E-state index in [9.17, 15) is 18.0 Å². The molecule has 0 saturated carbocycles. The summed E-state index contributed by atoms with van der Waals surface area (Å²) in [6.45, 7) is 4.13. The number of benzene rings is 1. The van der Waals surface area contributed by atoms with Crippen LogP contribution < -0.4 is 10.6 Å². The van der Waals surface area contributed by atoms with Crippen LogP contribution in [0.4, 0.5) is 24.7 Å². The maximum atomic E-state index is 13.2. The lowest BCUT2D eigenvalue weighted by Gasteiger charge is -2.38. The summed E-state index contributed by atoms with van der Waals surface area (Å²) >= 11 is 0. The molecule has 35 heavy (non-hydrogen) atoms. The number of alkyl halides is 3. The molecule has 0 radical (unpaired) electrons. The third-order valence-corrected chi connectivity index (χ3v) is 6.58. The van der Waals surface area contributed by atoms with Gasteiger partial charge in [-0.3, -0.25) is 4.79 Å². The highest BCUT2D eigenvalue weighted by molar-refractivity contribution is 5.95. The highest BCUT2D eigenvalue weighted by Gasteiger charge is 2.32. The van der Waals surface area contributed by atoms with Crippen LogP contribution in [0.15, 0.2) is 30.6 Å². The number of rotatable bonds is 6. The molecule has 2 aromatic rings. The van der Waals surface area contributed by atoms with Crippen LogP contribution in [0.1, 0.15) is 40.9 Å². The fourth-order valence-corrected chi connectivity index (χ4v) is 4.54. The smallest absolute Gasteiger partial charge is 0.379 e. The standard InChI is InChI=1S/C24H30F3N5O3/c1-15-21(28-14-29-22(15)31-18-5-3-4-16(12-18)24(25,26)27)23(33)32-9-6-17(7-10-32)30-19-8-11-35-13-20(19)34-2/h3-5,12,14,17,19-20,30H,6-11,13H2,1-2H3,(H,28,29,31). The SMILES string of the molecule is COC1COCCC1NC1CCN(C(=O)c2ncnc(Nc3cccc(C(F)(F)F)c3)c2C)CC1. The normalized spacial score (nSPS) is 21.7. The quantitative estimate of drug-likeness (QED) is 0.636. The van der Waals surface area contributed by atoms with Gasteiger partial charge in [0.05, 0.1) is 18.3 Å². The molecule has 1 amide bonds. The Kier molecular flexibility index (Phi) is 7.88. The summed E-state index contributed by atoms with van der Waals surface area (Å²) in [5, 5.41) is 6.55. The zero-order chi connectivity index (χ0) is 25.0. The van der Waals surface area contributed by atoms with E-state index < -0.39 is 11.7 Å². The number of aromatic nitrogens is 2. The third kappa shape index (κ3) is 6.09. The summed E-state index contributed by atoms with van der Waals surface area (Å²) in [5.41, 5.74) is 0.194. The van der Waals surface area contributed by atoms with Gasteiger partial charge >= 0.3 is 6.18 Å². The number of halogens is 3. The van der Waals surface area contributed by atoms with Gasteiger partial charge in [-0.25, -0.2) is 9.97 Å². The van der Waals surface area contributed by atoms with Crippen molar-refractivity contribution < 1.29 is 27.4 Å². The molecule has 4 rings (SSSR count). The molecular formula is C24H30F3N5O3. The molecule has 1 aromatic heterocycles. The number of carbonyl (C=O) groups is 1. The van der Waals surface area contributed by atoms with Gasteiger partial charge in [-0.15, -0.1) is 0 Å². The van der Waals surface area contributed by atoms with E-state index >= 15 is 0 Å². The van der Waals surface area contributed by atoms with E-state index in [1.165, 1.54) is 18.5 Å². The first-order valence-electron chi connectivity index (χ1n) is 11.7. The molecule has 2 atom stereocenters. The highest BCUT2D eigenvalue weighted by atomic mass is 19.4. The Morgan fingerprint density at radius 3 is 2.69 bits per heavy atom. The van der Waals surface area contributed by atoms with Gasteiger partial charge < -0.3 is 25.0 Å². The monoisotopic (exact) mass is 493 g/mol.